The molecule has 4 rings (SSSR count). The number of rotatable bonds is 4. The zero-order valence-electron chi connectivity index (χ0n) is 14.2. The Bertz CT molecular complexity index is 979. The lowest BCUT2D eigenvalue weighted by atomic mass is 9.95. The lowest BCUT2D eigenvalue weighted by Crippen LogP contribution is -2.44. The Morgan fingerprint density at radius 2 is 2.12 bits per heavy atom. The molecule has 0 radical (unpaired) electrons. The maximum Gasteiger partial charge on any atom is 0.279 e. The molecule has 2 N–H and O–H groups in total. The van der Waals surface area contributed by atoms with Crippen LogP contribution in [0.4, 0.5) is 0 Å². The van der Waals surface area contributed by atoms with Crippen molar-refractivity contribution in [3.8, 4) is 0 Å². The van der Waals surface area contributed by atoms with Gasteiger partial charge in [-0.3, -0.25) is 4.79 Å². The molecule has 2 aromatic rings. The average Bonchev–Trinajstić information content (AvgIpc) is 3.22. The molecule has 2 aliphatic rings. The van der Waals surface area contributed by atoms with Crippen molar-refractivity contribution in [1.29, 1.82) is 0 Å². The second-order valence-corrected chi connectivity index (χ2v) is 8.93. The van der Waals surface area contributed by atoms with Crippen LogP contribution in [-0.4, -0.2) is 44.5 Å². The van der Waals surface area contributed by atoms with Gasteiger partial charge in [-0.2, -0.15) is 27.3 Å². The third-order valence-electron chi connectivity index (χ3n) is 5.54. The Kier molecular flexibility index (Phi) is 3.74. The minimum atomic E-state index is -3.62. The highest BCUT2D eigenvalue weighted by molar-refractivity contribution is 7.86. The van der Waals surface area contributed by atoms with Gasteiger partial charge in [-0.05, 0) is 30.6 Å². The van der Waals surface area contributed by atoms with Crippen LogP contribution in [0.5, 0.6) is 0 Å². The van der Waals surface area contributed by atoms with Crippen molar-refractivity contribution in [1.82, 2.24) is 23.5 Å². The summed E-state index contributed by atoms with van der Waals surface area (Å²) in [7, 11) is -3.62. The first-order chi connectivity index (χ1) is 11.8. The third-order valence-corrected chi connectivity index (χ3v) is 6.64. The van der Waals surface area contributed by atoms with Crippen LogP contribution >= 0.6 is 0 Å². The standard InChI is InChI=1S/C15H22N6O3S/c1-9(2)13-7-19(15-17-8-18-21(15)14(13)22)5-10-3-12-4-11(10)6-20(12)25(16,23)24/h7-12H,3-6H2,1-2H3,(H2,16,23,24)/t10-,11-,12+/m0/s1. The van der Waals surface area contributed by atoms with E-state index in [1.165, 1.54) is 15.1 Å². The number of nitrogens with two attached hydrogens (primary N) is 1. The molecule has 2 aromatic heterocycles. The molecule has 1 aliphatic heterocycles. The quantitative estimate of drug-likeness (QED) is 0.813. The molecule has 3 heterocycles. The number of hydrogen-bond acceptors (Lipinski definition) is 5. The Morgan fingerprint density at radius 3 is 2.72 bits per heavy atom. The molecule has 0 amide bonds. The summed E-state index contributed by atoms with van der Waals surface area (Å²) < 4.78 is 28.0. The summed E-state index contributed by atoms with van der Waals surface area (Å²) in [5.41, 5.74) is 0.569. The molecule has 25 heavy (non-hydrogen) atoms. The van der Waals surface area contributed by atoms with Crippen LogP contribution in [0.3, 0.4) is 0 Å². The fourth-order valence-corrected chi connectivity index (χ4v) is 5.30. The van der Waals surface area contributed by atoms with Crippen molar-refractivity contribution in [3.05, 3.63) is 28.4 Å². The average molecular weight is 366 g/mol. The van der Waals surface area contributed by atoms with Crippen LogP contribution in [0.1, 0.15) is 38.2 Å². The second-order valence-electron chi connectivity index (χ2n) is 7.43. The predicted molar refractivity (Wildman–Crippen MR) is 91.2 cm³/mol. The Labute approximate surface area is 145 Å². The molecule has 2 fully saturated rings. The lowest BCUT2D eigenvalue weighted by Gasteiger charge is -2.29. The van der Waals surface area contributed by atoms with Crippen molar-refractivity contribution >= 4 is 16.0 Å². The van der Waals surface area contributed by atoms with Gasteiger partial charge < -0.3 is 4.57 Å². The molecule has 10 heteroatoms. The summed E-state index contributed by atoms with van der Waals surface area (Å²) >= 11 is 0. The second kappa shape index (κ2) is 5.61. The molecule has 136 valence electrons. The first-order valence-electron chi connectivity index (χ1n) is 8.48. The predicted octanol–water partition coefficient (Wildman–Crippen LogP) is -0.0717. The van der Waals surface area contributed by atoms with Gasteiger partial charge in [0.25, 0.3) is 15.8 Å². The number of piperidine rings is 1. The number of hydrogen-bond donors (Lipinski definition) is 1. The van der Waals surface area contributed by atoms with E-state index in [0.717, 1.165) is 12.8 Å². The van der Waals surface area contributed by atoms with E-state index in [9.17, 15) is 13.2 Å². The van der Waals surface area contributed by atoms with Gasteiger partial charge in [-0.1, -0.05) is 13.8 Å². The molecule has 1 aliphatic carbocycles. The van der Waals surface area contributed by atoms with E-state index in [1.54, 1.807) is 0 Å². The monoisotopic (exact) mass is 366 g/mol. The smallest absolute Gasteiger partial charge is 0.279 e. The lowest BCUT2D eigenvalue weighted by molar-refractivity contribution is 0.242. The van der Waals surface area contributed by atoms with Gasteiger partial charge >= 0.3 is 0 Å². The van der Waals surface area contributed by atoms with Crippen LogP contribution in [0.25, 0.3) is 5.78 Å². The Hall–Kier alpha value is -1.78. The molecule has 2 bridgehead atoms. The minimum Gasteiger partial charge on any atom is -0.316 e. The summed E-state index contributed by atoms with van der Waals surface area (Å²) in [5, 5.41) is 9.35. The van der Waals surface area contributed by atoms with Gasteiger partial charge in [-0.15, -0.1) is 0 Å². The SMILES string of the molecule is CC(C)c1cn(C[C@@H]2C[C@@H]3C[C@H]2CN3S(N)(=O)=O)c2ncnn2c1=O. The van der Waals surface area contributed by atoms with Crippen molar-refractivity contribution in [2.75, 3.05) is 6.54 Å². The van der Waals surface area contributed by atoms with E-state index < -0.39 is 10.2 Å². The summed E-state index contributed by atoms with van der Waals surface area (Å²) in [6.45, 7) is 5.13. The fraction of sp³-hybridized carbons (Fsp3) is 0.667. The Balaban J connectivity index is 1.64. The van der Waals surface area contributed by atoms with E-state index in [2.05, 4.69) is 10.1 Å². The number of nitrogens with zero attached hydrogens (tertiary/aromatic N) is 5. The molecule has 1 saturated heterocycles. The summed E-state index contributed by atoms with van der Waals surface area (Å²) in [4.78, 5) is 16.7. The maximum absolute atomic E-state index is 12.5. The fourth-order valence-electron chi connectivity index (χ4n) is 4.31. The third kappa shape index (κ3) is 2.68. The summed E-state index contributed by atoms with van der Waals surface area (Å²) in [6.07, 6.45) is 4.90. The number of fused-ring (bicyclic) bond motifs is 3. The minimum absolute atomic E-state index is 0.0113. The van der Waals surface area contributed by atoms with E-state index in [0.29, 0.717) is 30.3 Å². The molecule has 0 spiro atoms. The largest absolute Gasteiger partial charge is 0.316 e. The van der Waals surface area contributed by atoms with Gasteiger partial charge in [0.15, 0.2) is 0 Å². The first kappa shape index (κ1) is 16.7. The normalized spacial score (nSPS) is 27.0. The highest BCUT2D eigenvalue weighted by Crippen LogP contribution is 2.43. The maximum atomic E-state index is 12.5. The topological polar surface area (TPSA) is 116 Å². The highest BCUT2D eigenvalue weighted by Gasteiger charge is 2.48. The zero-order valence-corrected chi connectivity index (χ0v) is 15.1. The van der Waals surface area contributed by atoms with Crippen LogP contribution in [-0.2, 0) is 16.8 Å². The van der Waals surface area contributed by atoms with Crippen LogP contribution < -0.4 is 10.7 Å². The molecule has 0 aromatic carbocycles. The molecular formula is C15H22N6O3S. The van der Waals surface area contributed by atoms with E-state index >= 15 is 0 Å². The Morgan fingerprint density at radius 1 is 1.36 bits per heavy atom. The van der Waals surface area contributed by atoms with Gasteiger partial charge in [0.05, 0.1) is 0 Å². The van der Waals surface area contributed by atoms with Gasteiger partial charge in [0, 0.05) is 30.9 Å². The highest BCUT2D eigenvalue weighted by atomic mass is 32.2. The first-order valence-corrected chi connectivity index (χ1v) is 9.98. The van der Waals surface area contributed by atoms with E-state index in [-0.39, 0.29) is 23.4 Å². The van der Waals surface area contributed by atoms with Gasteiger partial charge in [-0.25, -0.2) is 5.14 Å². The molecule has 9 nitrogen and oxygen atoms in total. The summed E-state index contributed by atoms with van der Waals surface area (Å²) in [5.74, 6) is 1.24. The van der Waals surface area contributed by atoms with E-state index in [4.69, 9.17) is 5.14 Å². The number of aromatic nitrogens is 4. The van der Waals surface area contributed by atoms with Crippen molar-refractivity contribution in [3.63, 3.8) is 0 Å². The van der Waals surface area contributed by atoms with Crippen LogP contribution in [0, 0.1) is 11.8 Å². The van der Waals surface area contributed by atoms with Crippen molar-refractivity contribution in [2.45, 2.75) is 45.2 Å². The zero-order chi connectivity index (χ0) is 17.9. The van der Waals surface area contributed by atoms with E-state index in [1.807, 2.05) is 24.6 Å². The molecule has 1 saturated carbocycles. The molecule has 3 atom stereocenters. The van der Waals surface area contributed by atoms with Gasteiger partial charge in [0.1, 0.15) is 6.33 Å². The molecular weight excluding hydrogens is 344 g/mol. The van der Waals surface area contributed by atoms with Gasteiger partial charge in [0.2, 0.25) is 5.78 Å². The van der Waals surface area contributed by atoms with Crippen LogP contribution in [0.15, 0.2) is 17.3 Å². The van der Waals surface area contributed by atoms with Crippen LogP contribution in [0.2, 0.25) is 0 Å². The van der Waals surface area contributed by atoms with Crippen molar-refractivity contribution < 1.29 is 8.42 Å². The van der Waals surface area contributed by atoms with Crippen molar-refractivity contribution in [2.24, 2.45) is 17.0 Å². The summed E-state index contributed by atoms with van der Waals surface area (Å²) in [6, 6.07) is -0.0113. The molecule has 0 unspecified atom stereocenters.